The molecular formula is C27H29ClN6O. The van der Waals surface area contributed by atoms with Crippen molar-refractivity contribution in [3.8, 4) is 11.1 Å². The number of benzene rings is 1. The molecule has 0 saturated heterocycles. The largest absolute Gasteiger partial charge is 0.367 e. The lowest BCUT2D eigenvalue weighted by Gasteiger charge is -2.31. The van der Waals surface area contributed by atoms with Gasteiger partial charge < -0.3 is 20.9 Å². The number of nitrogens with one attached hydrogen (secondary N) is 4. The Hall–Kier alpha value is -3.42. The van der Waals surface area contributed by atoms with Gasteiger partial charge in [0.2, 0.25) is 5.91 Å². The van der Waals surface area contributed by atoms with Gasteiger partial charge in [-0.1, -0.05) is 41.9 Å². The summed E-state index contributed by atoms with van der Waals surface area (Å²) < 4.78 is 0. The Balaban J connectivity index is 1.27. The van der Waals surface area contributed by atoms with Crippen LogP contribution in [0.5, 0.6) is 0 Å². The van der Waals surface area contributed by atoms with E-state index in [0.717, 1.165) is 59.2 Å². The number of likely N-dealkylation sites (N-methyl/N-ethyl adjacent to an activating group) is 1. The predicted molar refractivity (Wildman–Crippen MR) is 140 cm³/mol. The number of carbonyl (C=O) groups is 1. The van der Waals surface area contributed by atoms with E-state index in [4.69, 9.17) is 11.6 Å². The maximum atomic E-state index is 13.0. The molecule has 7 nitrogen and oxygen atoms in total. The van der Waals surface area contributed by atoms with Crippen molar-refractivity contribution in [2.45, 2.75) is 43.8 Å². The molecule has 1 amide bonds. The SMILES string of the molecule is CNC(C(=O)N[C@@H]1CCC[C@@H](Nc2cc(-c3c[nH]c4ncccc34)cc(Cl)n2)C1)c1ccccc1. The van der Waals surface area contributed by atoms with E-state index in [-0.39, 0.29) is 24.0 Å². The van der Waals surface area contributed by atoms with Crippen LogP contribution in [0.4, 0.5) is 5.82 Å². The number of hydrogen-bond acceptors (Lipinski definition) is 5. The Bertz CT molecular complexity index is 1310. The summed E-state index contributed by atoms with van der Waals surface area (Å²) in [4.78, 5) is 25.1. The molecule has 3 heterocycles. The highest BCUT2D eigenvalue weighted by Gasteiger charge is 2.27. The first-order chi connectivity index (χ1) is 17.1. The van der Waals surface area contributed by atoms with E-state index in [0.29, 0.717) is 5.15 Å². The highest BCUT2D eigenvalue weighted by atomic mass is 35.5. The van der Waals surface area contributed by atoms with Crippen molar-refractivity contribution in [3.63, 3.8) is 0 Å². The fourth-order valence-corrected chi connectivity index (χ4v) is 5.17. The molecule has 3 atom stereocenters. The second-order valence-electron chi connectivity index (χ2n) is 9.01. The fraction of sp³-hybridized carbons (Fsp3) is 0.296. The van der Waals surface area contributed by atoms with E-state index < -0.39 is 0 Å². The number of hydrogen-bond donors (Lipinski definition) is 4. The maximum Gasteiger partial charge on any atom is 0.241 e. The van der Waals surface area contributed by atoms with Crippen LogP contribution >= 0.6 is 11.6 Å². The van der Waals surface area contributed by atoms with Gasteiger partial charge in [0.1, 0.15) is 22.7 Å². The summed E-state index contributed by atoms with van der Waals surface area (Å²) in [5.74, 6) is 0.737. The molecule has 180 valence electrons. The van der Waals surface area contributed by atoms with Crippen LogP contribution in [0.1, 0.15) is 37.3 Å². The van der Waals surface area contributed by atoms with Crippen LogP contribution in [0.3, 0.4) is 0 Å². The summed E-state index contributed by atoms with van der Waals surface area (Å²) in [6.07, 6.45) is 7.56. The van der Waals surface area contributed by atoms with Crippen molar-refractivity contribution in [2.75, 3.05) is 12.4 Å². The van der Waals surface area contributed by atoms with Crippen LogP contribution in [0.15, 0.2) is 67.0 Å². The van der Waals surface area contributed by atoms with Gasteiger partial charge in [-0.15, -0.1) is 0 Å². The van der Waals surface area contributed by atoms with Crippen LogP contribution < -0.4 is 16.0 Å². The Morgan fingerprint density at radius 2 is 1.94 bits per heavy atom. The highest BCUT2D eigenvalue weighted by Crippen LogP contribution is 2.31. The summed E-state index contributed by atoms with van der Waals surface area (Å²) in [6.45, 7) is 0. The van der Waals surface area contributed by atoms with Gasteiger partial charge in [0.15, 0.2) is 0 Å². The number of H-pyrrole nitrogens is 1. The van der Waals surface area contributed by atoms with Gasteiger partial charge in [0.25, 0.3) is 0 Å². The van der Waals surface area contributed by atoms with Gasteiger partial charge in [-0.3, -0.25) is 4.79 Å². The number of nitrogens with zero attached hydrogens (tertiary/aromatic N) is 2. The normalized spacial score (nSPS) is 18.8. The lowest BCUT2D eigenvalue weighted by atomic mass is 9.90. The molecule has 35 heavy (non-hydrogen) atoms. The summed E-state index contributed by atoms with van der Waals surface area (Å²) >= 11 is 6.40. The molecule has 1 aromatic carbocycles. The van der Waals surface area contributed by atoms with Gasteiger partial charge >= 0.3 is 0 Å². The molecule has 1 aliphatic rings. The van der Waals surface area contributed by atoms with Gasteiger partial charge in [-0.05, 0) is 68.1 Å². The van der Waals surface area contributed by atoms with E-state index in [1.807, 2.05) is 67.8 Å². The molecule has 5 rings (SSSR count). The van der Waals surface area contributed by atoms with Crippen molar-refractivity contribution in [1.29, 1.82) is 0 Å². The van der Waals surface area contributed by atoms with E-state index >= 15 is 0 Å². The number of rotatable bonds is 7. The molecule has 0 radical (unpaired) electrons. The Kier molecular flexibility index (Phi) is 6.97. The van der Waals surface area contributed by atoms with Gasteiger partial charge in [0.05, 0.1) is 0 Å². The molecular weight excluding hydrogens is 460 g/mol. The second-order valence-corrected chi connectivity index (χ2v) is 9.40. The minimum absolute atomic E-state index is 0.000428. The van der Waals surface area contributed by atoms with Crippen LogP contribution in [0, 0.1) is 0 Å². The molecule has 1 fully saturated rings. The highest BCUT2D eigenvalue weighted by molar-refractivity contribution is 6.29. The van der Waals surface area contributed by atoms with Gasteiger partial charge in [-0.25, -0.2) is 9.97 Å². The third kappa shape index (κ3) is 5.31. The lowest BCUT2D eigenvalue weighted by molar-refractivity contribution is -0.124. The van der Waals surface area contributed by atoms with Gasteiger partial charge in [-0.2, -0.15) is 0 Å². The molecule has 8 heteroatoms. The minimum Gasteiger partial charge on any atom is -0.367 e. The summed E-state index contributed by atoms with van der Waals surface area (Å²) in [5, 5.41) is 11.4. The smallest absolute Gasteiger partial charge is 0.241 e. The van der Waals surface area contributed by atoms with E-state index in [1.54, 1.807) is 6.20 Å². The van der Waals surface area contributed by atoms with Crippen LogP contribution in [0.25, 0.3) is 22.2 Å². The molecule has 1 saturated carbocycles. The van der Waals surface area contributed by atoms with E-state index in [2.05, 4.69) is 30.9 Å². The Labute approximate surface area is 209 Å². The standard InChI is InChI=1S/C27H29ClN6O/c1-29-25(17-7-3-2-4-8-17)27(35)33-20-10-5-9-19(15-20)32-24-14-18(13-23(28)34-24)22-16-31-26-21(22)11-6-12-30-26/h2-4,6-8,11-14,16,19-20,25,29H,5,9-10,15H2,1H3,(H,30,31)(H,32,34)(H,33,35)/t19-,20-,25?/m1/s1. The quantitative estimate of drug-likeness (QED) is 0.272. The lowest BCUT2D eigenvalue weighted by Crippen LogP contribution is -2.45. The number of amides is 1. The monoisotopic (exact) mass is 488 g/mol. The number of anilines is 1. The van der Waals surface area contributed by atoms with Crippen molar-refractivity contribution in [1.82, 2.24) is 25.6 Å². The first-order valence-electron chi connectivity index (χ1n) is 12.0. The zero-order chi connectivity index (χ0) is 24.2. The number of fused-ring (bicyclic) bond motifs is 1. The van der Waals surface area contributed by atoms with Crippen LogP contribution in [0.2, 0.25) is 5.15 Å². The average molecular weight is 489 g/mol. The molecule has 1 aliphatic carbocycles. The van der Waals surface area contributed by atoms with E-state index in [1.165, 1.54) is 0 Å². The predicted octanol–water partition coefficient (Wildman–Crippen LogP) is 5.08. The van der Waals surface area contributed by atoms with Crippen molar-refractivity contribution >= 4 is 34.4 Å². The topological polar surface area (TPSA) is 94.7 Å². The number of carbonyl (C=O) groups excluding carboxylic acids is 1. The molecule has 4 N–H and O–H groups in total. The number of halogens is 1. The molecule has 4 aromatic rings. The molecule has 1 unspecified atom stereocenters. The third-order valence-corrected chi connectivity index (χ3v) is 6.81. The molecule has 0 spiro atoms. The number of aromatic nitrogens is 3. The maximum absolute atomic E-state index is 13.0. The minimum atomic E-state index is -0.368. The Morgan fingerprint density at radius 3 is 2.77 bits per heavy atom. The van der Waals surface area contributed by atoms with Gasteiger partial charge in [0, 0.05) is 35.4 Å². The molecule has 0 bridgehead atoms. The summed E-state index contributed by atoms with van der Waals surface area (Å²) in [6, 6.07) is 17.6. The van der Waals surface area contributed by atoms with Crippen molar-refractivity contribution in [2.24, 2.45) is 0 Å². The van der Waals surface area contributed by atoms with Crippen LogP contribution in [-0.2, 0) is 4.79 Å². The van der Waals surface area contributed by atoms with Crippen molar-refractivity contribution in [3.05, 3.63) is 77.7 Å². The summed E-state index contributed by atoms with van der Waals surface area (Å²) in [7, 11) is 1.81. The average Bonchev–Trinajstić information content (AvgIpc) is 3.29. The first kappa shape index (κ1) is 23.3. The Morgan fingerprint density at radius 1 is 1.11 bits per heavy atom. The zero-order valence-electron chi connectivity index (χ0n) is 19.6. The molecule has 3 aromatic heterocycles. The second kappa shape index (κ2) is 10.5. The van der Waals surface area contributed by atoms with Crippen LogP contribution in [-0.4, -0.2) is 40.0 Å². The fourth-order valence-electron chi connectivity index (χ4n) is 4.96. The number of pyridine rings is 2. The summed E-state index contributed by atoms with van der Waals surface area (Å²) in [5.41, 5.74) is 3.81. The van der Waals surface area contributed by atoms with Crippen molar-refractivity contribution < 1.29 is 4.79 Å². The third-order valence-electron chi connectivity index (χ3n) is 6.61. The number of aromatic amines is 1. The van der Waals surface area contributed by atoms with E-state index in [9.17, 15) is 4.79 Å². The zero-order valence-corrected chi connectivity index (χ0v) is 20.3. The molecule has 0 aliphatic heterocycles. The first-order valence-corrected chi connectivity index (χ1v) is 12.4.